The van der Waals surface area contributed by atoms with Gasteiger partial charge < -0.3 is 10.2 Å². The number of anilines is 1. The molecule has 2 aromatic rings. The molecule has 0 aliphatic carbocycles. The SMILES string of the molecule is CCNC(=O)[C@H](CC)N(Cc1ccc(F)cc1)C(=O)CN(c1ccc(C)cc1C)S(C)(=O)=O. The first kappa shape index (κ1) is 26.3. The van der Waals surface area contributed by atoms with Gasteiger partial charge in [0.1, 0.15) is 18.4 Å². The van der Waals surface area contributed by atoms with Gasteiger partial charge in [-0.25, -0.2) is 12.8 Å². The van der Waals surface area contributed by atoms with Crippen LogP contribution < -0.4 is 9.62 Å². The zero-order valence-corrected chi connectivity index (χ0v) is 20.6. The van der Waals surface area contributed by atoms with Gasteiger partial charge in [0.2, 0.25) is 21.8 Å². The van der Waals surface area contributed by atoms with Crippen LogP contribution in [-0.2, 0) is 26.2 Å². The van der Waals surface area contributed by atoms with Crippen molar-refractivity contribution < 1.29 is 22.4 Å². The molecule has 0 saturated heterocycles. The zero-order valence-electron chi connectivity index (χ0n) is 19.8. The number of carbonyl (C=O) groups is 2. The van der Waals surface area contributed by atoms with Crippen molar-refractivity contribution in [1.29, 1.82) is 0 Å². The summed E-state index contributed by atoms with van der Waals surface area (Å²) in [7, 11) is -3.79. The number of halogens is 1. The Morgan fingerprint density at radius 1 is 1.06 bits per heavy atom. The van der Waals surface area contributed by atoms with Crippen LogP contribution in [0.3, 0.4) is 0 Å². The molecule has 0 bridgehead atoms. The smallest absolute Gasteiger partial charge is 0.244 e. The fraction of sp³-hybridized carbons (Fsp3) is 0.417. The van der Waals surface area contributed by atoms with Crippen LogP contribution in [-0.4, -0.2) is 50.5 Å². The fourth-order valence-electron chi connectivity index (χ4n) is 3.68. The molecule has 9 heteroatoms. The molecule has 2 aromatic carbocycles. The number of benzene rings is 2. The largest absolute Gasteiger partial charge is 0.355 e. The number of likely N-dealkylation sites (N-methyl/N-ethyl adjacent to an activating group) is 1. The summed E-state index contributed by atoms with van der Waals surface area (Å²) in [5.74, 6) is -1.26. The number of hydrogen-bond donors (Lipinski definition) is 1. The zero-order chi connectivity index (χ0) is 24.8. The van der Waals surface area contributed by atoms with Gasteiger partial charge in [-0.1, -0.05) is 36.8 Å². The molecule has 2 rings (SSSR count). The number of carbonyl (C=O) groups excluding carboxylic acids is 2. The molecule has 1 N–H and O–H groups in total. The Labute approximate surface area is 195 Å². The summed E-state index contributed by atoms with van der Waals surface area (Å²) < 4.78 is 39.7. The Morgan fingerprint density at radius 3 is 2.21 bits per heavy atom. The topological polar surface area (TPSA) is 86.8 Å². The third-order valence-electron chi connectivity index (χ3n) is 5.30. The van der Waals surface area contributed by atoms with Crippen molar-refractivity contribution in [2.75, 3.05) is 23.7 Å². The Hall–Kier alpha value is -2.94. The van der Waals surface area contributed by atoms with E-state index in [4.69, 9.17) is 0 Å². The molecule has 2 amide bonds. The molecule has 0 radical (unpaired) electrons. The molecule has 0 aromatic heterocycles. The van der Waals surface area contributed by atoms with Crippen LogP contribution in [0.15, 0.2) is 42.5 Å². The highest BCUT2D eigenvalue weighted by molar-refractivity contribution is 7.92. The number of nitrogens with zero attached hydrogens (tertiary/aromatic N) is 2. The van der Waals surface area contributed by atoms with Gasteiger partial charge in [0, 0.05) is 13.1 Å². The van der Waals surface area contributed by atoms with Gasteiger partial charge in [0.05, 0.1) is 11.9 Å². The Kier molecular flexibility index (Phi) is 8.99. The first-order valence-corrected chi connectivity index (χ1v) is 12.7. The molecule has 0 spiro atoms. The third-order valence-corrected chi connectivity index (χ3v) is 6.43. The summed E-state index contributed by atoms with van der Waals surface area (Å²) in [6.07, 6.45) is 1.38. The van der Waals surface area contributed by atoms with Gasteiger partial charge in [0.25, 0.3) is 0 Å². The van der Waals surface area contributed by atoms with E-state index >= 15 is 0 Å². The highest BCUT2D eigenvalue weighted by atomic mass is 32.2. The van der Waals surface area contributed by atoms with E-state index in [1.807, 2.05) is 13.0 Å². The van der Waals surface area contributed by atoms with Crippen molar-refractivity contribution in [3.8, 4) is 0 Å². The molecule has 0 heterocycles. The van der Waals surface area contributed by atoms with E-state index in [0.29, 0.717) is 29.8 Å². The predicted octanol–water partition coefficient (Wildman–Crippen LogP) is 3.15. The summed E-state index contributed by atoms with van der Waals surface area (Å²) in [5.41, 5.74) is 2.72. The van der Waals surface area contributed by atoms with Gasteiger partial charge >= 0.3 is 0 Å². The molecule has 0 fully saturated rings. The molecule has 0 saturated carbocycles. The standard InChI is InChI=1S/C24H32FN3O4S/c1-6-21(24(30)26-7-2)27(15-19-9-11-20(25)12-10-19)23(29)16-28(33(5,31)32)22-13-8-17(3)14-18(22)4/h8-14,21H,6-7,15-16H2,1-5H3,(H,26,30)/t21-/m0/s1. The van der Waals surface area contributed by atoms with Gasteiger partial charge in [-0.15, -0.1) is 0 Å². The summed E-state index contributed by atoms with van der Waals surface area (Å²) >= 11 is 0. The lowest BCUT2D eigenvalue weighted by Crippen LogP contribution is -2.52. The van der Waals surface area contributed by atoms with E-state index in [2.05, 4.69) is 5.32 Å². The third kappa shape index (κ3) is 7.02. The van der Waals surface area contributed by atoms with E-state index in [9.17, 15) is 22.4 Å². The van der Waals surface area contributed by atoms with Crippen molar-refractivity contribution in [2.24, 2.45) is 0 Å². The van der Waals surface area contributed by atoms with E-state index in [1.54, 1.807) is 45.0 Å². The van der Waals surface area contributed by atoms with Gasteiger partial charge in [-0.2, -0.15) is 0 Å². The fourth-order valence-corrected chi connectivity index (χ4v) is 4.59. The van der Waals surface area contributed by atoms with Gasteiger partial charge in [0.15, 0.2) is 0 Å². The Balaban J connectivity index is 2.45. The first-order valence-electron chi connectivity index (χ1n) is 10.8. The molecular weight excluding hydrogens is 445 g/mol. The molecule has 0 unspecified atom stereocenters. The van der Waals surface area contributed by atoms with Crippen LogP contribution in [0.1, 0.15) is 37.0 Å². The minimum absolute atomic E-state index is 0.0409. The second kappa shape index (κ2) is 11.3. The van der Waals surface area contributed by atoms with Crippen LogP contribution in [0.25, 0.3) is 0 Å². The van der Waals surface area contributed by atoms with E-state index in [1.165, 1.54) is 17.0 Å². The molecule has 1 atom stereocenters. The summed E-state index contributed by atoms with van der Waals surface area (Å²) in [6, 6.07) is 10.1. The van der Waals surface area contributed by atoms with Crippen LogP contribution in [0.5, 0.6) is 0 Å². The van der Waals surface area contributed by atoms with E-state index in [0.717, 1.165) is 16.1 Å². The van der Waals surface area contributed by atoms with Gasteiger partial charge in [-0.05, 0) is 56.5 Å². The molecule has 180 valence electrons. The lowest BCUT2D eigenvalue weighted by molar-refractivity contribution is -0.140. The number of rotatable bonds is 10. The Morgan fingerprint density at radius 2 is 1.70 bits per heavy atom. The number of nitrogens with one attached hydrogen (secondary N) is 1. The van der Waals surface area contributed by atoms with Crippen molar-refractivity contribution in [3.63, 3.8) is 0 Å². The van der Waals surface area contributed by atoms with Crippen LogP contribution in [0.4, 0.5) is 10.1 Å². The average molecular weight is 478 g/mol. The normalized spacial score (nSPS) is 12.2. The minimum Gasteiger partial charge on any atom is -0.355 e. The number of amides is 2. The molecule has 0 aliphatic rings. The molecule has 33 heavy (non-hydrogen) atoms. The first-order chi connectivity index (χ1) is 15.5. The second-order valence-corrected chi connectivity index (χ2v) is 9.93. The quantitative estimate of drug-likeness (QED) is 0.570. The lowest BCUT2D eigenvalue weighted by Gasteiger charge is -2.33. The number of sulfonamides is 1. The van der Waals surface area contributed by atoms with Gasteiger partial charge in [-0.3, -0.25) is 13.9 Å². The summed E-state index contributed by atoms with van der Waals surface area (Å²) in [6.45, 7) is 7.22. The number of aryl methyl sites for hydroxylation is 2. The van der Waals surface area contributed by atoms with Crippen molar-refractivity contribution >= 4 is 27.5 Å². The predicted molar refractivity (Wildman–Crippen MR) is 128 cm³/mol. The minimum atomic E-state index is -3.79. The molecular formula is C24H32FN3O4S. The maximum Gasteiger partial charge on any atom is 0.244 e. The molecule has 0 aliphatic heterocycles. The van der Waals surface area contributed by atoms with Crippen molar-refractivity contribution in [3.05, 3.63) is 65.0 Å². The number of hydrogen-bond acceptors (Lipinski definition) is 4. The highest BCUT2D eigenvalue weighted by Crippen LogP contribution is 2.24. The maximum absolute atomic E-state index is 13.5. The highest BCUT2D eigenvalue weighted by Gasteiger charge is 2.31. The second-order valence-electron chi connectivity index (χ2n) is 8.03. The van der Waals surface area contributed by atoms with Crippen LogP contribution >= 0.6 is 0 Å². The summed E-state index contributed by atoms with van der Waals surface area (Å²) in [4.78, 5) is 27.6. The monoisotopic (exact) mass is 477 g/mol. The average Bonchev–Trinajstić information content (AvgIpc) is 2.73. The van der Waals surface area contributed by atoms with Crippen LogP contribution in [0.2, 0.25) is 0 Å². The Bertz CT molecular complexity index is 1090. The van der Waals surface area contributed by atoms with E-state index < -0.39 is 34.3 Å². The van der Waals surface area contributed by atoms with Crippen molar-refractivity contribution in [1.82, 2.24) is 10.2 Å². The lowest BCUT2D eigenvalue weighted by atomic mass is 10.1. The van der Waals surface area contributed by atoms with E-state index in [-0.39, 0.29) is 12.5 Å². The van der Waals surface area contributed by atoms with Crippen molar-refractivity contribution in [2.45, 2.75) is 46.7 Å². The summed E-state index contributed by atoms with van der Waals surface area (Å²) in [5, 5.41) is 2.73. The maximum atomic E-state index is 13.5. The van der Waals surface area contributed by atoms with Crippen LogP contribution in [0, 0.1) is 19.7 Å². The molecule has 7 nitrogen and oxygen atoms in total.